The summed E-state index contributed by atoms with van der Waals surface area (Å²) in [6.07, 6.45) is 3.70. The lowest BCUT2D eigenvalue weighted by atomic mass is 9.92. The SMILES string of the molecule is CN(C(=O)Cc1ccc(Br)cc1)C1CCC(O)CC1. The Morgan fingerprint density at radius 2 is 1.84 bits per heavy atom. The van der Waals surface area contributed by atoms with Crippen molar-refractivity contribution in [1.82, 2.24) is 4.90 Å². The van der Waals surface area contributed by atoms with Crippen LogP contribution in [0.2, 0.25) is 0 Å². The fourth-order valence-corrected chi connectivity index (χ4v) is 2.82. The first kappa shape index (κ1) is 14.5. The molecule has 1 aromatic rings. The summed E-state index contributed by atoms with van der Waals surface area (Å²) in [7, 11) is 1.88. The van der Waals surface area contributed by atoms with Crippen molar-refractivity contribution in [2.75, 3.05) is 7.05 Å². The number of aliphatic hydroxyl groups excluding tert-OH is 1. The maximum atomic E-state index is 12.2. The molecule has 1 aromatic carbocycles. The van der Waals surface area contributed by atoms with E-state index >= 15 is 0 Å². The van der Waals surface area contributed by atoms with Crippen LogP contribution in [0.4, 0.5) is 0 Å². The number of carbonyl (C=O) groups excluding carboxylic acids is 1. The smallest absolute Gasteiger partial charge is 0.226 e. The normalized spacial score (nSPS) is 23.1. The number of halogens is 1. The molecule has 1 aliphatic carbocycles. The van der Waals surface area contributed by atoms with Crippen LogP contribution in [-0.4, -0.2) is 35.1 Å². The minimum absolute atomic E-state index is 0.156. The fraction of sp³-hybridized carbons (Fsp3) is 0.533. The summed E-state index contributed by atoms with van der Waals surface area (Å²) >= 11 is 3.39. The molecule has 0 radical (unpaired) electrons. The van der Waals surface area contributed by atoms with Gasteiger partial charge in [0.05, 0.1) is 12.5 Å². The van der Waals surface area contributed by atoms with E-state index in [0.29, 0.717) is 6.42 Å². The minimum Gasteiger partial charge on any atom is -0.393 e. The zero-order valence-electron chi connectivity index (χ0n) is 11.2. The maximum absolute atomic E-state index is 12.2. The molecule has 104 valence electrons. The van der Waals surface area contributed by atoms with Crippen LogP contribution in [0.15, 0.2) is 28.7 Å². The number of rotatable bonds is 3. The van der Waals surface area contributed by atoms with Gasteiger partial charge in [-0.25, -0.2) is 0 Å². The number of nitrogens with zero attached hydrogens (tertiary/aromatic N) is 1. The van der Waals surface area contributed by atoms with Gasteiger partial charge in [-0.3, -0.25) is 4.79 Å². The Hall–Kier alpha value is -0.870. The number of hydrogen-bond acceptors (Lipinski definition) is 2. The average Bonchev–Trinajstić information content (AvgIpc) is 2.41. The number of amides is 1. The van der Waals surface area contributed by atoms with Crippen LogP contribution in [0, 0.1) is 0 Å². The highest BCUT2D eigenvalue weighted by Crippen LogP contribution is 2.23. The van der Waals surface area contributed by atoms with Crippen molar-refractivity contribution in [3.63, 3.8) is 0 Å². The molecule has 2 rings (SSSR count). The third-order valence-electron chi connectivity index (χ3n) is 3.88. The zero-order valence-corrected chi connectivity index (χ0v) is 12.8. The van der Waals surface area contributed by atoms with Gasteiger partial charge >= 0.3 is 0 Å². The van der Waals surface area contributed by atoms with Crippen LogP contribution in [0.5, 0.6) is 0 Å². The highest BCUT2D eigenvalue weighted by Gasteiger charge is 2.25. The molecule has 4 heteroatoms. The maximum Gasteiger partial charge on any atom is 0.226 e. The molecule has 0 saturated heterocycles. The molecule has 0 atom stereocenters. The van der Waals surface area contributed by atoms with Crippen molar-refractivity contribution in [2.24, 2.45) is 0 Å². The second-order valence-corrected chi connectivity index (χ2v) is 6.19. The molecule has 0 unspecified atom stereocenters. The molecular weight excluding hydrogens is 306 g/mol. The molecule has 0 spiro atoms. The molecule has 1 aliphatic rings. The van der Waals surface area contributed by atoms with E-state index in [4.69, 9.17) is 0 Å². The lowest BCUT2D eigenvalue weighted by Gasteiger charge is -2.33. The Kier molecular flexibility index (Phi) is 4.99. The predicted octanol–water partition coefficient (Wildman–Crippen LogP) is 2.75. The largest absolute Gasteiger partial charge is 0.393 e. The first-order valence-electron chi connectivity index (χ1n) is 6.74. The van der Waals surface area contributed by atoms with Crippen molar-refractivity contribution in [1.29, 1.82) is 0 Å². The summed E-state index contributed by atoms with van der Waals surface area (Å²) in [5, 5.41) is 9.50. The number of benzene rings is 1. The number of hydrogen-bond donors (Lipinski definition) is 1. The Morgan fingerprint density at radius 1 is 1.26 bits per heavy atom. The molecule has 1 saturated carbocycles. The summed E-state index contributed by atoms with van der Waals surface area (Å²) in [5.74, 6) is 0.156. The van der Waals surface area contributed by atoms with Crippen molar-refractivity contribution >= 4 is 21.8 Å². The Bertz CT molecular complexity index is 424. The Labute approximate surface area is 122 Å². The molecule has 3 nitrogen and oxygen atoms in total. The lowest BCUT2D eigenvalue weighted by molar-refractivity contribution is -0.132. The quantitative estimate of drug-likeness (QED) is 0.928. The third kappa shape index (κ3) is 4.05. The van der Waals surface area contributed by atoms with E-state index < -0.39 is 0 Å². The van der Waals surface area contributed by atoms with Gasteiger partial charge in [0.15, 0.2) is 0 Å². The van der Waals surface area contributed by atoms with Crippen LogP contribution in [0.25, 0.3) is 0 Å². The van der Waals surface area contributed by atoms with Gasteiger partial charge in [0, 0.05) is 17.6 Å². The summed E-state index contributed by atoms with van der Waals surface area (Å²) in [5.41, 5.74) is 1.04. The molecule has 0 heterocycles. The van der Waals surface area contributed by atoms with E-state index in [1.54, 1.807) is 0 Å². The van der Waals surface area contributed by atoms with E-state index in [9.17, 15) is 9.90 Å². The molecule has 1 fully saturated rings. The summed E-state index contributed by atoms with van der Waals surface area (Å²) in [4.78, 5) is 14.1. The lowest BCUT2D eigenvalue weighted by Crippen LogP contribution is -2.41. The van der Waals surface area contributed by atoms with E-state index in [1.165, 1.54) is 0 Å². The highest BCUT2D eigenvalue weighted by molar-refractivity contribution is 9.10. The number of likely N-dealkylation sites (N-methyl/N-ethyl adjacent to an activating group) is 1. The van der Waals surface area contributed by atoms with Gasteiger partial charge in [0.25, 0.3) is 0 Å². The Balaban J connectivity index is 1.90. The average molecular weight is 326 g/mol. The highest BCUT2D eigenvalue weighted by atomic mass is 79.9. The van der Waals surface area contributed by atoms with Gasteiger partial charge in [-0.2, -0.15) is 0 Å². The van der Waals surface area contributed by atoms with Crippen LogP contribution in [-0.2, 0) is 11.2 Å². The number of aliphatic hydroxyl groups is 1. The van der Waals surface area contributed by atoms with Gasteiger partial charge in [0.2, 0.25) is 5.91 Å². The van der Waals surface area contributed by atoms with Crippen molar-refractivity contribution in [2.45, 2.75) is 44.2 Å². The molecule has 0 aliphatic heterocycles. The standard InChI is InChI=1S/C15H20BrNO2/c1-17(13-6-8-14(18)9-7-13)15(19)10-11-2-4-12(16)5-3-11/h2-5,13-14,18H,6-10H2,1H3. The van der Waals surface area contributed by atoms with Gasteiger partial charge in [-0.15, -0.1) is 0 Å². The van der Waals surface area contributed by atoms with Crippen molar-refractivity contribution in [3.05, 3.63) is 34.3 Å². The monoisotopic (exact) mass is 325 g/mol. The Morgan fingerprint density at radius 3 is 2.42 bits per heavy atom. The van der Waals surface area contributed by atoms with Crippen molar-refractivity contribution < 1.29 is 9.90 Å². The van der Waals surface area contributed by atoms with E-state index in [0.717, 1.165) is 35.7 Å². The van der Waals surface area contributed by atoms with Gasteiger partial charge in [-0.05, 0) is 43.4 Å². The summed E-state index contributed by atoms with van der Waals surface area (Å²) in [6, 6.07) is 8.14. The fourth-order valence-electron chi connectivity index (χ4n) is 2.55. The van der Waals surface area contributed by atoms with E-state index in [2.05, 4.69) is 15.9 Å². The molecular formula is C15H20BrNO2. The first-order chi connectivity index (χ1) is 9.06. The molecule has 0 bridgehead atoms. The van der Waals surface area contributed by atoms with Crippen LogP contribution >= 0.6 is 15.9 Å². The van der Waals surface area contributed by atoms with Gasteiger partial charge < -0.3 is 10.0 Å². The van der Waals surface area contributed by atoms with Gasteiger partial charge in [-0.1, -0.05) is 28.1 Å². The van der Waals surface area contributed by atoms with E-state index in [-0.39, 0.29) is 18.1 Å². The van der Waals surface area contributed by atoms with Crippen LogP contribution < -0.4 is 0 Å². The molecule has 1 amide bonds. The molecule has 1 N–H and O–H groups in total. The molecule has 19 heavy (non-hydrogen) atoms. The third-order valence-corrected chi connectivity index (χ3v) is 4.40. The molecule has 0 aromatic heterocycles. The van der Waals surface area contributed by atoms with Crippen molar-refractivity contribution in [3.8, 4) is 0 Å². The minimum atomic E-state index is -0.175. The van der Waals surface area contributed by atoms with Crippen LogP contribution in [0.3, 0.4) is 0 Å². The van der Waals surface area contributed by atoms with Gasteiger partial charge in [0.1, 0.15) is 0 Å². The summed E-state index contributed by atoms with van der Waals surface area (Å²) in [6.45, 7) is 0. The second-order valence-electron chi connectivity index (χ2n) is 5.27. The summed E-state index contributed by atoms with van der Waals surface area (Å²) < 4.78 is 1.03. The first-order valence-corrected chi connectivity index (χ1v) is 7.53. The van der Waals surface area contributed by atoms with E-state index in [1.807, 2.05) is 36.2 Å². The topological polar surface area (TPSA) is 40.5 Å². The zero-order chi connectivity index (χ0) is 13.8. The predicted molar refractivity (Wildman–Crippen MR) is 78.9 cm³/mol. The van der Waals surface area contributed by atoms with Crippen LogP contribution in [0.1, 0.15) is 31.2 Å². The number of carbonyl (C=O) groups is 1. The second kappa shape index (κ2) is 6.53.